The van der Waals surface area contributed by atoms with Crippen LogP contribution < -0.4 is 0 Å². The Morgan fingerprint density at radius 2 is 0.947 bits per heavy atom. The second-order valence-corrected chi connectivity index (χ2v) is 34.6. The standard InChI is InChI=1S/C40H62O7S.C40H62O5S/c1-10-26(2)21-36-30(6)34(25-48(42,43)33-16-12-11-13-17-33)38(47-36)24-37-29(5)27(3)22-32(46-37)18-19-35-28(4)23-31(45-35)15-14-20-44-39(41)40(7,8)9;1-10-26(2)21-36-30(6)34(25-46-33-16-12-11-13-17-33)38(45-36)24-37-29(5)27(3)22-32(44-37)18-19-35-28(4)23-31(43-35)15-14-20-42-39(41)40(7,8)9/h11-13,16-17,26-27,30-32,34-38H,4-5,10,14-15,18-25H2,1-3,6-9H3;11-13,16-17,26-27,30-32,34-38H,4-5,10,14-15,18-25H2,1-3,6-9H3/t2*26-,27-,30-,31+,32+,34-,35+,36-,37-,38+/m11/s1. The van der Waals surface area contributed by atoms with Crippen LogP contribution in [-0.2, 0) is 57.3 Å². The van der Waals surface area contributed by atoms with E-state index < -0.39 is 20.7 Å². The number of carbonyl (C=O) groups excluding carboxylic acids is 2. The molecule has 94 heavy (non-hydrogen) atoms. The van der Waals surface area contributed by atoms with E-state index in [-0.39, 0.29) is 96.7 Å². The zero-order valence-corrected chi connectivity index (χ0v) is 62.1. The van der Waals surface area contributed by atoms with Crippen molar-refractivity contribution in [2.24, 2.45) is 58.2 Å². The van der Waals surface area contributed by atoms with Gasteiger partial charge in [-0.3, -0.25) is 9.59 Å². The van der Waals surface area contributed by atoms with Crippen molar-refractivity contribution in [2.75, 3.05) is 24.7 Å². The van der Waals surface area contributed by atoms with Crippen molar-refractivity contribution >= 4 is 33.5 Å². The number of ether oxygens (including phenoxy) is 8. The summed E-state index contributed by atoms with van der Waals surface area (Å²) in [5.74, 6) is 3.70. The highest BCUT2D eigenvalue weighted by Gasteiger charge is 2.48. The molecule has 0 saturated carbocycles. The topological polar surface area (TPSA) is 142 Å². The van der Waals surface area contributed by atoms with E-state index in [0.717, 1.165) is 120 Å². The zero-order chi connectivity index (χ0) is 68.7. The molecule has 0 aliphatic carbocycles. The van der Waals surface area contributed by atoms with Gasteiger partial charge in [0.05, 0.1) is 108 Å². The molecule has 0 unspecified atom stereocenters. The van der Waals surface area contributed by atoms with Crippen LogP contribution in [0.4, 0.5) is 0 Å². The molecule has 0 amide bonds. The molecule has 6 fully saturated rings. The van der Waals surface area contributed by atoms with E-state index in [1.165, 1.54) is 22.5 Å². The molecule has 8 rings (SSSR count). The third-order valence-electron chi connectivity index (χ3n) is 21.6. The number of hydrogen-bond donors (Lipinski definition) is 0. The van der Waals surface area contributed by atoms with Crippen LogP contribution in [0, 0.1) is 58.2 Å². The first-order chi connectivity index (χ1) is 44.4. The van der Waals surface area contributed by atoms with Crippen LogP contribution in [0.2, 0.25) is 0 Å². The molecule has 6 aliphatic rings. The fourth-order valence-corrected chi connectivity index (χ4v) is 17.7. The van der Waals surface area contributed by atoms with Crippen LogP contribution in [0.5, 0.6) is 0 Å². The highest BCUT2D eigenvalue weighted by Crippen LogP contribution is 2.46. The number of benzene rings is 2. The lowest BCUT2D eigenvalue weighted by Gasteiger charge is -2.38. The van der Waals surface area contributed by atoms with Crippen LogP contribution in [0.1, 0.15) is 213 Å². The molecule has 0 radical (unpaired) electrons. The Balaban J connectivity index is 0.000000266. The Labute approximate surface area is 573 Å². The van der Waals surface area contributed by atoms with Gasteiger partial charge in [0.1, 0.15) is 0 Å². The van der Waals surface area contributed by atoms with Gasteiger partial charge in [-0.25, -0.2) is 8.42 Å². The van der Waals surface area contributed by atoms with Gasteiger partial charge in [-0.15, -0.1) is 11.8 Å². The Morgan fingerprint density at radius 3 is 1.37 bits per heavy atom. The van der Waals surface area contributed by atoms with Gasteiger partial charge in [-0.1, -0.05) is 131 Å². The average molecular weight is 1340 g/mol. The van der Waals surface area contributed by atoms with Crippen molar-refractivity contribution in [3.8, 4) is 0 Å². The number of carbonyl (C=O) groups is 2. The first kappa shape index (κ1) is 77.7. The minimum Gasteiger partial charge on any atom is -0.465 e. The lowest BCUT2D eigenvalue weighted by Crippen LogP contribution is -2.38. The maximum Gasteiger partial charge on any atom is 0.311 e. The molecular formula is C80H124O12S2. The van der Waals surface area contributed by atoms with Crippen LogP contribution in [0.25, 0.3) is 0 Å². The van der Waals surface area contributed by atoms with Crippen molar-refractivity contribution in [2.45, 2.75) is 296 Å². The highest BCUT2D eigenvalue weighted by atomic mass is 32.2. The molecule has 0 N–H and O–H groups in total. The third kappa shape index (κ3) is 22.7. The maximum atomic E-state index is 13.6. The molecule has 0 aromatic heterocycles. The lowest BCUT2D eigenvalue weighted by atomic mass is 9.81. The van der Waals surface area contributed by atoms with Crippen molar-refractivity contribution in [3.05, 3.63) is 109 Å². The Hall–Kier alpha value is -3.60. The number of hydrogen-bond acceptors (Lipinski definition) is 13. The molecule has 2 aromatic rings. The van der Waals surface area contributed by atoms with Crippen LogP contribution in [0.15, 0.2) is 119 Å². The molecule has 528 valence electrons. The summed E-state index contributed by atoms with van der Waals surface area (Å²) in [5.41, 5.74) is 3.65. The Bertz CT molecular complexity index is 2840. The summed E-state index contributed by atoms with van der Waals surface area (Å²) in [6, 6.07) is 19.6. The van der Waals surface area contributed by atoms with E-state index in [2.05, 4.69) is 112 Å². The number of rotatable bonds is 30. The van der Waals surface area contributed by atoms with E-state index in [1.54, 1.807) is 24.3 Å². The molecular weight excluding hydrogens is 1220 g/mol. The Kier molecular flexibility index (Phi) is 29.7. The molecule has 20 atom stereocenters. The monoisotopic (exact) mass is 1340 g/mol. The van der Waals surface area contributed by atoms with E-state index in [9.17, 15) is 18.0 Å². The summed E-state index contributed by atoms with van der Waals surface area (Å²) in [4.78, 5) is 25.8. The lowest BCUT2D eigenvalue weighted by molar-refractivity contribution is -0.154. The fourth-order valence-electron chi connectivity index (χ4n) is 14.7. The van der Waals surface area contributed by atoms with Gasteiger partial charge >= 0.3 is 11.9 Å². The van der Waals surface area contributed by atoms with Crippen molar-refractivity contribution < 1.29 is 55.9 Å². The smallest absolute Gasteiger partial charge is 0.311 e. The first-order valence-electron chi connectivity index (χ1n) is 36.4. The van der Waals surface area contributed by atoms with Gasteiger partial charge in [-0.2, -0.15) is 0 Å². The van der Waals surface area contributed by atoms with Gasteiger partial charge in [0.2, 0.25) is 0 Å². The number of sulfone groups is 1. The summed E-state index contributed by atoms with van der Waals surface area (Å²) in [7, 11) is -3.48. The maximum absolute atomic E-state index is 13.6. The summed E-state index contributed by atoms with van der Waals surface area (Å²) in [6.07, 6.45) is 17.0. The molecule has 12 nitrogen and oxygen atoms in total. The third-order valence-corrected chi connectivity index (χ3v) is 24.6. The minimum absolute atomic E-state index is 0.00233. The number of esters is 2. The normalized spacial score (nSPS) is 32.3. The second-order valence-electron chi connectivity index (χ2n) is 31.5. The molecule has 14 heteroatoms. The van der Waals surface area contributed by atoms with Crippen molar-refractivity contribution in [3.63, 3.8) is 0 Å². The molecule has 0 spiro atoms. The SMILES string of the molecule is C=C1C[C@H](CCCOC(=O)C(C)(C)C)O[C@H]1CC[C@H]1C[C@@H](C)C(=C)[C@@H](C[C@@H]2O[C@H](C[C@H](C)CC)[C@H](C)[C@H]2CS(=O)(=O)c2ccccc2)O1.C=C1C[C@H](CCCOC(=O)C(C)(C)C)O[C@H]1CC[C@H]1C[C@@H](C)C(=C)[C@@H](C[C@@H]2O[C@H](C[C@H](C)CC)[C@H](C)[C@H]2CSc2ccccc2)O1. The van der Waals surface area contributed by atoms with Crippen molar-refractivity contribution in [1.29, 1.82) is 0 Å². The fraction of sp³-hybridized carbons (Fsp3) is 0.725. The predicted octanol–water partition coefficient (Wildman–Crippen LogP) is 18.4. The van der Waals surface area contributed by atoms with E-state index in [4.69, 9.17) is 37.9 Å². The predicted molar refractivity (Wildman–Crippen MR) is 381 cm³/mol. The van der Waals surface area contributed by atoms with Gasteiger partial charge in [0.25, 0.3) is 0 Å². The largest absolute Gasteiger partial charge is 0.465 e. The van der Waals surface area contributed by atoms with Gasteiger partial charge in [0.15, 0.2) is 9.84 Å². The zero-order valence-electron chi connectivity index (χ0n) is 60.4. The van der Waals surface area contributed by atoms with Gasteiger partial charge in [0, 0.05) is 29.4 Å². The Morgan fingerprint density at radius 1 is 0.543 bits per heavy atom. The summed E-state index contributed by atoms with van der Waals surface area (Å²) >= 11 is 1.96. The van der Waals surface area contributed by atoms with Crippen LogP contribution in [0.3, 0.4) is 0 Å². The van der Waals surface area contributed by atoms with E-state index >= 15 is 0 Å². The molecule has 0 bridgehead atoms. The van der Waals surface area contributed by atoms with Crippen LogP contribution in [-0.4, -0.2) is 118 Å². The van der Waals surface area contributed by atoms with E-state index in [0.29, 0.717) is 66.1 Å². The molecule has 6 heterocycles. The number of thioether (sulfide) groups is 1. The first-order valence-corrected chi connectivity index (χ1v) is 39.0. The van der Waals surface area contributed by atoms with Gasteiger partial charge < -0.3 is 37.9 Å². The summed E-state index contributed by atoms with van der Waals surface area (Å²) in [6.45, 7) is 47.9. The summed E-state index contributed by atoms with van der Waals surface area (Å²) in [5, 5.41) is 0. The van der Waals surface area contributed by atoms with E-state index in [1.807, 2.05) is 59.4 Å². The molecule has 6 aliphatic heterocycles. The van der Waals surface area contributed by atoms with Crippen LogP contribution >= 0.6 is 11.8 Å². The quantitative estimate of drug-likeness (QED) is 0.0317. The highest BCUT2D eigenvalue weighted by molar-refractivity contribution is 7.99. The average Bonchev–Trinajstić information content (AvgIpc) is 1.71. The minimum atomic E-state index is -3.48. The second kappa shape index (κ2) is 36.0. The van der Waals surface area contributed by atoms with Crippen molar-refractivity contribution in [1.82, 2.24) is 0 Å². The summed E-state index contributed by atoms with van der Waals surface area (Å²) < 4.78 is 78.1. The molecule has 2 aromatic carbocycles. The molecule has 6 saturated heterocycles. The van der Waals surface area contributed by atoms with Gasteiger partial charge in [-0.05, 0) is 219 Å².